The summed E-state index contributed by atoms with van der Waals surface area (Å²) in [5, 5.41) is -0.0431. The first kappa shape index (κ1) is 12.7. The molecule has 2 aromatic rings. The molecule has 0 aliphatic rings. The molecule has 18 heavy (non-hydrogen) atoms. The van der Waals surface area contributed by atoms with Gasteiger partial charge in [-0.25, -0.2) is 14.4 Å². The molecule has 0 unspecified atom stereocenters. The molecule has 1 aromatic carbocycles. The van der Waals surface area contributed by atoms with E-state index >= 15 is 0 Å². The summed E-state index contributed by atoms with van der Waals surface area (Å²) in [5.74, 6) is -0.649. The van der Waals surface area contributed by atoms with Gasteiger partial charge in [-0.15, -0.1) is 0 Å². The average molecular weight is 284 g/mol. The molecule has 7 heteroatoms. The van der Waals surface area contributed by atoms with Crippen LogP contribution in [0.1, 0.15) is 5.56 Å². The number of nitrogens with zero attached hydrogens (tertiary/aromatic N) is 2. The molecule has 2 rings (SSSR count). The minimum atomic E-state index is -0.674. The highest BCUT2D eigenvalue weighted by Gasteiger charge is 2.13. The summed E-state index contributed by atoms with van der Waals surface area (Å²) in [4.78, 5) is 7.69. The van der Waals surface area contributed by atoms with E-state index in [1.54, 1.807) is 6.07 Å². The smallest absolute Gasteiger partial charge is 0.232 e. The summed E-state index contributed by atoms with van der Waals surface area (Å²) in [6.45, 7) is 0. The number of benzene rings is 1. The minimum absolute atomic E-state index is 0.0431. The van der Waals surface area contributed by atoms with Gasteiger partial charge in [-0.1, -0.05) is 29.9 Å². The van der Waals surface area contributed by atoms with Crippen molar-refractivity contribution in [1.29, 1.82) is 0 Å². The van der Waals surface area contributed by atoms with Crippen molar-refractivity contribution in [1.82, 2.24) is 9.97 Å². The van der Waals surface area contributed by atoms with Gasteiger partial charge in [-0.05, 0) is 12.1 Å². The van der Waals surface area contributed by atoms with Crippen molar-refractivity contribution in [3.05, 3.63) is 47.1 Å². The fourth-order valence-corrected chi connectivity index (χ4v) is 1.54. The monoisotopic (exact) mass is 283 g/mol. The Kier molecular flexibility index (Phi) is 3.69. The van der Waals surface area contributed by atoms with Crippen LogP contribution in [0.5, 0.6) is 11.6 Å². The summed E-state index contributed by atoms with van der Waals surface area (Å²) in [6, 6.07) is 4.40. The standard InChI is InChI=1S/C11H7ClFN3OS/c12-7-2-1-3-8(9(7)13)17-11-6(10(14)18)4-15-5-16-11/h1-5H,(H2,14,18). The summed E-state index contributed by atoms with van der Waals surface area (Å²) < 4.78 is 19.0. The van der Waals surface area contributed by atoms with E-state index in [-0.39, 0.29) is 21.6 Å². The molecule has 0 radical (unpaired) electrons. The molecule has 0 amide bonds. The minimum Gasteiger partial charge on any atom is -0.435 e. The third kappa shape index (κ3) is 2.55. The van der Waals surface area contributed by atoms with Crippen molar-refractivity contribution in [2.75, 3.05) is 0 Å². The highest BCUT2D eigenvalue weighted by Crippen LogP contribution is 2.28. The molecule has 0 aliphatic heterocycles. The Bertz CT molecular complexity index is 609. The van der Waals surface area contributed by atoms with Crippen LogP contribution in [0.15, 0.2) is 30.7 Å². The van der Waals surface area contributed by atoms with Crippen molar-refractivity contribution >= 4 is 28.8 Å². The molecule has 4 nitrogen and oxygen atoms in total. The van der Waals surface area contributed by atoms with E-state index in [1.165, 1.54) is 24.7 Å². The van der Waals surface area contributed by atoms with Gasteiger partial charge in [0.2, 0.25) is 5.88 Å². The Morgan fingerprint density at radius 3 is 2.94 bits per heavy atom. The van der Waals surface area contributed by atoms with Crippen LogP contribution in [-0.2, 0) is 0 Å². The number of ether oxygens (including phenoxy) is 1. The molecule has 1 heterocycles. The Morgan fingerprint density at radius 2 is 2.22 bits per heavy atom. The molecular weight excluding hydrogens is 277 g/mol. The van der Waals surface area contributed by atoms with E-state index in [2.05, 4.69) is 9.97 Å². The Labute approximate surface area is 113 Å². The number of halogens is 2. The van der Waals surface area contributed by atoms with E-state index in [9.17, 15) is 4.39 Å². The van der Waals surface area contributed by atoms with Gasteiger partial charge in [0.05, 0.1) is 10.6 Å². The number of aromatic nitrogens is 2. The maximum absolute atomic E-state index is 13.7. The summed E-state index contributed by atoms with van der Waals surface area (Å²) in [7, 11) is 0. The predicted octanol–water partition coefficient (Wildman–Crippen LogP) is 2.70. The van der Waals surface area contributed by atoms with Crippen LogP contribution in [0.3, 0.4) is 0 Å². The van der Waals surface area contributed by atoms with Crippen LogP contribution in [0, 0.1) is 5.82 Å². The van der Waals surface area contributed by atoms with Gasteiger partial charge >= 0.3 is 0 Å². The number of thiocarbonyl (C=S) groups is 1. The van der Waals surface area contributed by atoms with Crippen LogP contribution in [0.25, 0.3) is 0 Å². The topological polar surface area (TPSA) is 61.0 Å². The van der Waals surface area contributed by atoms with E-state index in [4.69, 9.17) is 34.3 Å². The number of rotatable bonds is 3. The normalized spacial score (nSPS) is 10.1. The second-order valence-electron chi connectivity index (χ2n) is 3.26. The molecule has 92 valence electrons. The number of nitrogens with two attached hydrogens (primary N) is 1. The fourth-order valence-electron chi connectivity index (χ4n) is 1.24. The molecular formula is C11H7ClFN3OS. The zero-order valence-corrected chi connectivity index (χ0v) is 10.5. The van der Waals surface area contributed by atoms with E-state index in [1.807, 2.05) is 0 Å². The lowest BCUT2D eigenvalue weighted by Gasteiger charge is -2.09. The van der Waals surface area contributed by atoms with Crippen molar-refractivity contribution in [2.45, 2.75) is 0 Å². The van der Waals surface area contributed by atoms with E-state index in [0.717, 1.165) is 0 Å². The lowest BCUT2D eigenvalue weighted by atomic mass is 10.3. The van der Waals surface area contributed by atoms with Crippen LogP contribution in [-0.4, -0.2) is 15.0 Å². The highest BCUT2D eigenvalue weighted by atomic mass is 35.5. The molecule has 0 saturated heterocycles. The van der Waals surface area contributed by atoms with Gasteiger partial charge in [-0.3, -0.25) is 0 Å². The van der Waals surface area contributed by atoms with E-state index < -0.39 is 5.82 Å². The fraction of sp³-hybridized carbons (Fsp3) is 0. The van der Waals surface area contributed by atoms with Crippen molar-refractivity contribution in [3.8, 4) is 11.6 Å². The lowest BCUT2D eigenvalue weighted by molar-refractivity contribution is 0.426. The Balaban J connectivity index is 2.40. The predicted molar refractivity (Wildman–Crippen MR) is 69.4 cm³/mol. The molecule has 0 aliphatic carbocycles. The molecule has 0 saturated carbocycles. The number of hydrogen-bond acceptors (Lipinski definition) is 4. The zero-order chi connectivity index (χ0) is 13.1. The molecule has 0 fully saturated rings. The molecule has 0 atom stereocenters. The lowest BCUT2D eigenvalue weighted by Crippen LogP contribution is -2.12. The van der Waals surface area contributed by atoms with Gasteiger partial charge in [0.15, 0.2) is 11.6 Å². The number of hydrogen-bond donors (Lipinski definition) is 1. The SMILES string of the molecule is NC(=S)c1cncnc1Oc1cccc(Cl)c1F. The average Bonchev–Trinajstić information content (AvgIpc) is 2.35. The van der Waals surface area contributed by atoms with Crippen molar-refractivity contribution in [2.24, 2.45) is 5.73 Å². The maximum Gasteiger partial charge on any atom is 0.232 e. The quantitative estimate of drug-likeness (QED) is 0.878. The Hall–Kier alpha value is -1.79. The van der Waals surface area contributed by atoms with Crippen molar-refractivity contribution in [3.63, 3.8) is 0 Å². The Morgan fingerprint density at radius 1 is 1.44 bits per heavy atom. The second kappa shape index (κ2) is 5.24. The first-order valence-electron chi connectivity index (χ1n) is 4.81. The third-order valence-corrected chi connectivity index (χ3v) is 2.58. The highest BCUT2D eigenvalue weighted by molar-refractivity contribution is 7.80. The van der Waals surface area contributed by atoms with Crippen molar-refractivity contribution < 1.29 is 9.13 Å². The molecule has 0 spiro atoms. The van der Waals surface area contributed by atoms with Gasteiger partial charge in [-0.2, -0.15) is 0 Å². The van der Waals surface area contributed by atoms with E-state index in [0.29, 0.717) is 5.56 Å². The molecule has 1 aromatic heterocycles. The second-order valence-corrected chi connectivity index (χ2v) is 4.11. The van der Waals surface area contributed by atoms with Crippen LogP contribution >= 0.6 is 23.8 Å². The zero-order valence-electron chi connectivity index (χ0n) is 8.93. The third-order valence-electron chi connectivity index (χ3n) is 2.06. The largest absolute Gasteiger partial charge is 0.435 e. The van der Waals surface area contributed by atoms with Crippen LogP contribution in [0.2, 0.25) is 5.02 Å². The molecule has 2 N–H and O–H groups in total. The van der Waals surface area contributed by atoms with Crippen LogP contribution < -0.4 is 10.5 Å². The van der Waals surface area contributed by atoms with Gasteiger partial charge in [0, 0.05) is 6.20 Å². The van der Waals surface area contributed by atoms with Gasteiger partial charge in [0.1, 0.15) is 11.3 Å². The first-order valence-corrected chi connectivity index (χ1v) is 5.60. The first-order chi connectivity index (χ1) is 8.59. The summed E-state index contributed by atoms with van der Waals surface area (Å²) >= 11 is 10.5. The summed E-state index contributed by atoms with van der Waals surface area (Å²) in [5.41, 5.74) is 5.81. The van der Waals surface area contributed by atoms with Gasteiger partial charge in [0.25, 0.3) is 0 Å². The molecule has 0 bridgehead atoms. The van der Waals surface area contributed by atoms with Crippen LogP contribution in [0.4, 0.5) is 4.39 Å². The van der Waals surface area contributed by atoms with Gasteiger partial charge < -0.3 is 10.5 Å². The summed E-state index contributed by atoms with van der Waals surface area (Å²) in [6.07, 6.45) is 2.65. The maximum atomic E-state index is 13.7.